The van der Waals surface area contributed by atoms with E-state index in [0.29, 0.717) is 10.2 Å². The third-order valence-electron chi connectivity index (χ3n) is 3.99. The van der Waals surface area contributed by atoms with Crippen molar-refractivity contribution in [1.82, 2.24) is 9.97 Å². The predicted octanol–water partition coefficient (Wildman–Crippen LogP) is 3.62. The monoisotopic (exact) mass is 342 g/mol. The van der Waals surface area contributed by atoms with Gasteiger partial charge in [-0.15, -0.1) is 11.3 Å². The summed E-state index contributed by atoms with van der Waals surface area (Å²) in [6, 6.07) is 10.0. The van der Waals surface area contributed by atoms with Crippen molar-refractivity contribution in [2.75, 3.05) is 6.61 Å². The Kier molecular flexibility index (Phi) is 4.49. The minimum atomic E-state index is -0.611. The van der Waals surface area contributed by atoms with Crippen LogP contribution in [0.5, 0.6) is 0 Å². The van der Waals surface area contributed by atoms with Crippen LogP contribution in [0.1, 0.15) is 46.4 Å². The van der Waals surface area contributed by atoms with E-state index in [9.17, 15) is 9.59 Å². The summed E-state index contributed by atoms with van der Waals surface area (Å²) >= 11 is 1.43. The average Bonchev–Trinajstić information content (AvgIpc) is 2.91. The molecule has 0 aliphatic rings. The minimum Gasteiger partial charge on any atom is -0.460 e. The molecule has 6 heteroatoms. The second kappa shape index (κ2) is 6.57. The van der Waals surface area contributed by atoms with Crippen LogP contribution in [0.25, 0.3) is 10.2 Å². The van der Waals surface area contributed by atoms with E-state index >= 15 is 0 Å². The van der Waals surface area contributed by atoms with Gasteiger partial charge >= 0.3 is 5.97 Å². The van der Waals surface area contributed by atoms with Crippen molar-refractivity contribution in [3.8, 4) is 0 Å². The van der Waals surface area contributed by atoms with Crippen LogP contribution in [-0.2, 0) is 4.74 Å². The molecule has 0 fully saturated rings. The molecular formula is C18H18N2O3S. The van der Waals surface area contributed by atoms with E-state index < -0.39 is 5.97 Å². The minimum absolute atomic E-state index is 0.0467. The zero-order chi connectivity index (χ0) is 17.3. The molecule has 0 radical (unpaired) electrons. The zero-order valence-corrected chi connectivity index (χ0v) is 14.6. The maximum atomic E-state index is 12.6. The second-order valence-corrected chi connectivity index (χ2v) is 6.72. The number of aromatic nitrogens is 2. The van der Waals surface area contributed by atoms with Gasteiger partial charge in [-0.3, -0.25) is 4.79 Å². The summed E-state index contributed by atoms with van der Waals surface area (Å²) in [7, 11) is 0. The lowest BCUT2D eigenvalue weighted by Gasteiger charge is -2.12. The summed E-state index contributed by atoms with van der Waals surface area (Å²) in [5, 5.41) is 0.557. The zero-order valence-electron chi connectivity index (χ0n) is 13.8. The van der Waals surface area contributed by atoms with Gasteiger partial charge in [0.2, 0.25) is 5.82 Å². The lowest BCUT2D eigenvalue weighted by molar-refractivity contribution is 0.0512. The summed E-state index contributed by atoms with van der Waals surface area (Å²) in [6.07, 6.45) is 0. The molecule has 0 bridgehead atoms. The summed E-state index contributed by atoms with van der Waals surface area (Å²) < 4.78 is 4.92. The first-order chi connectivity index (χ1) is 11.5. The maximum absolute atomic E-state index is 12.6. The fourth-order valence-corrected chi connectivity index (χ4v) is 3.99. The third kappa shape index (κ3) is 2.85. The number of aromatic amines is 1. The number of carbonyl (C=O) groups is 1. The number of rotatable bonds is 4. The molecule has 0 spiro atoms. The van der Waals surface area contributed by atoms with Crippen LogP contribution < -0.4 is 5.56 Å². The number of fused-ring (bicyclic) bond motifs is 1. The highest BCUT2D eigenvalue weighted by Crippen LogP contribution is 2.35. The number of hydrogen-bond acceptors (Lipinski definition) is 5. The SMILES string of the molecule is CCOC(=O)c1nc2sc(C)c(C(C)c3ccccc3)c2c(=O)[nH]1. The Hall–Kier alpha value is -2.47. The van der Waals surface area contributed by atoms with Crippen LogP contribution in [-0.4, -0.2) is 22.5 Å². The Morgan fingerprint density at radius 1 is 1.33 bits per heavy atom. The van der Waals surface area contributed by atoms with Gasteiger partial charge < -0.3 is 9.72 Å². The molecule has 3 rings (SSSR count). The van der Waals surface area contributed by atoms with E-state index in [0.717, 1.165) is 16.0 Å². The van der Waals surface area contributed by atoms with Crippen molar-refractivity contribution in [3.63, 3.8) is 0 Å². The van der Waals surface area contributed by atoms with Crippen molar-refractivity contribution in [2.45, 2.75) is 26.7 Å². The Morgan fingerprint density at radius 3 is 2.71 bits per heavy atom. The topological polar surface area (TPSA) is 72.0 Å². The summed E-state index contributed by atoms with van der Waals surface area (Å²) in [5.74, 6) is -0.592. The van der Waals surface area contributed by atoms with Crippen molar-refractivity contribution < 1.29 is 9.53 Å². The van der Waals surface area contributed by atoms with Gasteiger partial charge in [0.15, 0.2) is 0 Å². The fourth-order valence-electron chi connectivity index (χ4n) is 2.87. The molecule has 0 saturated carbocycles. The van der Waals surface area contributed by atoms with E-state index in [1.807, 2.05) is 37.3 Å². The number of aryl methyl sites for hydroxylation is 1. The summed E-state index contributed by atoms with van der Waals surface area (Å²) in [6.45, 7) is 6.00. The molecule has 2 aromatic heterocycles. The largest absolute Gasteiger partial charge is 0.460 e. The Bertz CT molecular complexity index is 944. The van der Waals surface area contributed by atoms with Gasteiger partial charge in [0.05, 0.1) is 12.0 Å². The Balaban J connectivity index is 2.15. The van der Waals surface area contributed by atoms with E-state index in [4.69, 9.17) is 4.74 Å². The smallest absolute Gasteiger partial charge is 0.374 e. The number of H-pyrrole nitrogens is 1. The molecule has 3 aromatic rings. The van der Waals surface area contributed by atoms with Crippen molar-refractivity contribution in [3.05, 3.63) is 62.5 Å². The molecule has 1 N–H and O–H groups in total. The predicted molar refractivity (Wildman–Crippen MR) is 94.9 cm³/mol. The van der Waals surface area contributed by atoms with Crippen LogP contribution in [0.4, 0.5) is 0 Å². The molecule has 0 aliphatic carbocycles. The molecular weight excluding hydrogens is 324 g/mol. The number of thiophene rings is 1. The number of hydrogen-bond donors (Lipinski definition) is 1. The van der Waals surface area contributed by atoms with Crippen LogP contribution in [0.3, 0.4) is 0 Å². The highest BCUT2D eigenvalue weighted by atomic mass is 32.1. The van der Waals surface area contributed by atoms with Crippen molar-refractivity contribution >= 4 is 27.5 Å². The molecule has 24 heavy (non-hydrogen) atoms. The molecule has 1 unspecified atom stereocenters. The van der Waals surface area contributed by atoms with E-state index in [2.05, 4.69) is 16.9 Å². The number of carbonyl (C=O) groups excluding carboxylic acids is 1. The lowest BCUT2D eigenvalue weighted by Crippen LogP contribution is -2.18. The first kappa shape index (κ1) is 16.4. The van der Waals surface area contributed by atoms with Crippen molar-refractivity contribution in [2.24, 2.45) is 0 Å². The number of ether oxygens (including phenoxy) is 1. The molecule has 5 nitrogen and oxygen atoms in total. The molecule has 0 amide bonds. The van der Waals surface area contributed by atoms with Crippen LogP contribution >= 0.6 is 11.3 Å². The molecule has 0 aliphatic heterocycles. The van der Waals surface area contributed by atoms with Gasteiger partial charge in [-0.1, -0.05) is 37.3 Å². The van der Waals surface area contributed by atoms with Crippen LogP contribution in [0, 0.1) is 6.92 Å². The number of esters is 1. The van der Waals surface area contributed by atoms with Gasteiger partial charge in [0.1, 0.15) is 4.83 Å². The highest BCUT2D eigenvalue weighted by Gasteiger charge is 2.22. The quantitative estimate of drug-likeness (QED) is 0.735. The van der Waals surface area contributed by atoms with E-state index in [1.165, 1.54) is 11.3 Å². The molecule has 124 valence electrons. The maximum Gasteiger partial charge on any atom is 0.374 e. The first-order valence-electron chi connectivity index (χ1n) is 7.78. The van der Waals surface area contributed by atoms with Gasteiger partial charge in [0, 0.05) is 10.8 Å². The van der Waals surface area contributed by atoms with E-state index in [1.54, 1.807) is 6.92 Å². The fraction of sp³-hybridized carbons (Fsp3) is 0.278. The van der Waals surface area contributed by atoms with E-state index in [-0.39, 0.29) is 23.9 Å². The Labute approximate surface area is 143 Å². The number of nitrogens with one attached hydrogen (secondary N) is 1. The normalized spacial score (nSPS) is 12.3. The Morgan fingerprint density at radius 2 is 2.04 bits per heavy atom. The van der Waals surface area contributed by atoms with Crippen LogP contribution in [0.15, 0.2) is 35.1 Å². The van der Waals surface area contributed by atoms with Gasteiger partial charge in [-0.05, 0) is 25.0 Å². The first-order valence-corrected chi connectivity index (χ1v) is 8.60. The summed E-state index contributed by atoms with van der Waals surface area (Å²) in [4.78, 5) is 32.9. The highest BCUT2D eigenvalue weighted by molar-refractivity contribution is 7.18. The summed E-state index contributed by atoms with van der Waals surface area (Å²) in [5.41, 5.74) is 1.80. The second-order valence-electron chi connectivity index (χ2n) is 5.52. The third-order valence-corrected chi connectivity index (χ3v) is 5.00. The number of nitrogens with zero attached hydrogens (tertiary/aromatic N) is 1. The van der Waals surface area contributed by atoms with Gasteiger partial charge in [0.25, 0.3) is 5.56 Å². The number of benzene rings is 1. The van der Waals surface area contributed by atoms with Crippen molar-refractivity contribution in [1.29, 1.82) is 0 Å². The average molecular weight is 342 g/mol. The molecule has 0 saturated heterocycles. The lowest BCUT2D eigenvalue weighted by atomic mass is 9.92. The molecule has 1 atom stereocenters. The van der Waals surface area contributed by atoms with Gasteiger partial charge in [-0.2, -0.15) is 0 Å². The molecule has 2 heterocycles. The van der Waals surface area contributed by atoms with Crippen LogP contribution in [0.2, 0.25) is 0 Å². The molecule has 1 aromatic carbocycles. The van der Waals surface area contributed by atoms with Gasteiger partial charge in [-0.25, -0.2) is 9.78 Å². The standard InChI is InChI=1S/C18H18N2O3S/c1-4-23-18(22)15-19-16(21)14-13(11(3)24-17(14)20-15)10(2)12-8-6-5-7-9-12/h5-10H,4H2,1-3H3,(H,19,20,21).